The predicted molar refractivity (Wildman–Crippen MR) is 138 cm³/mol. The van der Waals surface area contributed by atoms with Crippen molar-refractivity contribution in [2.75, 3.05) is 30.3 Å². The first-order valence-electron chi connectivity index (χ1n) is 12.6. The number of nitrogens with zero attached hydrogens (tertiary/aromatic N) is 4. The van der Waals surface area contributed by atoms with E-state index in [1.807, 2.05) is 35.2 Å². The van der Waals surface area contributed by atoms with Crippen LogP contribution in [0.3, 0.4) is 0 Å². The average molecular weight is 491 g/mol. The second kappa shape index (κ2) is 10.2. The Morgan fingerprint density at radius 1 is 1.14 bits per heavy atom. The third kappa shape index (κ3) is 4.87. The highest BCUT2D eigenvalue weighted by molar-refractivity contribution is 5.98. The van der Waals surface area contributed by atoms with E-state index in [0.29, 0.717) is 18.9 Å². The number of carbonyl (C=O) groups excluding carboxylic acids is 2. The van der Waals surface area contributed by atoms with E-state index >= 15 is 0 Å². The molecule has 1 aliphatic carbocycles. The predicted octanol–water partition coefficient (Wildman–Crippen LogP) is 1.14. The first kappa shape index (κ1) is 24.1. The van der Waals surface area contributed by atoms with Gasteiger partial charge in [0.1, 0.15) is 11.5 Å². The molecule has 2 unspecified atom stereocenters. The molecule has 2 atom stereocenters. The van der Waals surface area contributed by atoms with Crippen LogP contribution in [0.2, 0.25) is 0 Å². The van der Waals surface area contributed by atoms with Gasteiger partial charge in [-0.1, -0.05) is 18.6 Å². The zero-order valence-corrected chi connectivity index (χ0v) is 20.4. The number of anilines is 2. The molecule has 7 N–H and O–H groups in total. The molecule has 1 aromatic carbocycles. The number of pyridine rings is 1. The van der Waals surface area contributed by atoms with Crippen molar-refractivity contribution in [3.8, 4) is 0 Å². The van der Waals surface area contributed by atoms with Gasteiger partial charge >= 0.3 is 0 Å². The van der Waals surface area contributed by atoms with Crippen LogP contribution in [-0.4, -0.2) is 52.4 Å². The average Bonchev–Trinajstić information content (AvgIpc) is 3.29. The van der Waals surface area contributed by atoms with Gasteiger partial charge in [0, 0.05) is 36.7 Å². The lowest BCUT2D eigenvalue weighted by atomic mass is 9.98. The number of piperazine rings is 1. The SMILES string of the molecule is N/C(=C\N(N)Cc1ccc(N2CCN3CCCCC3C2=O)cc1)C(=O)NC1CCc2ccnc(N)c21. The highest BCUT2D eigenvalue weighted by Gasteiger charge is 2.36. The molecule has 1 aromatic heterocycles. The van der Waals surface area contributed by atoms with E-state index in [9.17, 15) is 9.59 Å². The van der Waals surface area contributed by atoms with E-state index in [4.69, 9.17) is 17.3 Å². The molecule has 0 saturated carbocycles. The number of piperidine rings is 1. The molecule has 2 fully saturated rings. The van der Waals surface area contributed by atoms with Gasteiger partial charge in [-0.3, -0.25) is 14.5 Å². The van der Waals surface area contributed by atoms with E-state index in [0.717, 1.165) is 61.2 Å². The summed E-state index contributed by atoms with van der Waals surface area (Å²) in [6, 6.07) is 9.53. The molecule has 0 spiro atoms. The van der Waals surface area contributed by atoms with Gasteiger partial charge in [-0.25, -0.2) is 10.8 Å². The summed E-state index contributed by atoms with van der Waals surface area (Å²) >= 11 is 0. The Balaban J connectivity index is 1.17. The van der Waals surface area contributed by atoms with E-state index in [1.54, 1.807) is 6.20 Å². The smallest absolute Gasteiger partial charge is 0.269 e. The Hall–Kier alpha value is -3.63. The summed E-state index contributed by atoms with van der Waals surface area (Å²) in [4.78, 5) is 34.0. The molecular weight excluding hydrogens is 456 g/mol. The van der Waals surface area contributed by atoms with E-state index < -0.39 is 5.91 Å². The molecule has 2 aliphatic heterocycles. The highest BCUT2D eigenvalue weighted by atomic mass is 16.2. The lowest BCUT2D eigenvalue weighted by Crippen LogP contribution is -2.58. The van der Waals surface area contributed by atoms with Crippen LogP contribution < -0.4 is 27.5 Å². The molecule has 0 bridgehead atoms. The fraction of sp³-hybridized carbons (Fsp3) is 0.423. The van der Waals surface area contributed by atoms with Crippen LogP contribution in [0.4, 0.5) is 11.5 Å². The molecule has 2 amide bonds. The normalized spacial score (nSPS) is 22.2. The van der Waals surface area contributed by atoms with Gasteiger partial charge in [0.15, 0.2) is 0 Å². The second-order valence-corrected chi connectivity index (χ2v) is 9.79. The summed E-state index contributed by atoms with van der Waals surface area (Å²) < 4.78 is 0. The van der Waals surface area contributed by atoms with E-state index in [-0.39, 0.29) is 23.7 Å². The minimum atomic E-state index is -0.401. The summed E-state index contributed by atoms with van der Waals surface area (Å²) in [5.41, 5.74) is 15.9. The topological polar surface area (TPSA) is 147 Å². The van der Waals surface area contributed by atoms with Crippen molar-refractivity contribution in [3.05, 3.63) is 65.1 Å². The van der Waals surface area contributed by atoms with Gasteiger partial charge in [0.05, 0.1) is 18.6 Å². The number of hydrogen-bond donors (Lipinski definition) is 4. The Morgan fingerprint density at radius 2 is 1.94 bits per heavy atom. The summed E-state index contributed by atoms with van der Waals surface area (Å²) in [5, 5.41) is 4.32. The molecule has 3 heterocycles. The van der Waals surface area contributed by atoms with Crippen molar-refractivity contribution in [1.82, 2.24) is 20.2 Å². The van der Waals surface area contributed by atoms with Crippen molar-refractivity contribution in [2.24, 2.45) is 11.6 Å². The maximum Gasteiger partial charge on any atom is 0.269 e. The number of fused-ring (bicyclic) bond motifs is 2. The Kier molecular flexibility index (Phi) is 6.80. The summed E-state index contributed by atoms with van der Waals surface area (Å²) in [5.74, 6) is 6.35. The van der Waals surface area contributed by atoms with Gasteiger partial charge in [0.2, 0.25) is 5.91 Å². The zero-order valence-electron chi connectivity index (χ0n) is 20.4. The van der Waals surface area contributed by atoms with Crippen LogP contribution in [0.1, 0.15) is 48.4 Å². The van der Waals surface area contributed by atoms with Crippen LogP contribution in [0, 0.1) is 0 Å². The molecule has 2 aromatic rings. The molecule has 10 heteroatoms. The van der Waals surface area contributed by atoms with Gasteiger partial charge < -0.3 is 26.7 Å². The number of hydrogen-bond acceptors (Lipinski definition) is 8. The monoisotopic (exact) mass is 490 g/mol. The first-order valence-corrected chi connectivity index (χ1v) is 12.6. The number of nitrogen functional groups attached to an aromatic ring is 1. The molecule has 36 heavy (non-hydrogen) atoms. The Labute approximate surface area is 211 Å². The fourth-order valence-electron chi connectivity index (χ4n) is 5.57. The van der Waals surface area contributed by atoms with Crippen molar-refractivity contribution in [2.45, 2.75) is 50.7 Å². The molecule has 2 saturated heterocycles. The standard InChI is InChI=1S/C26H34N8O2/c27-20(25(35)31-21-9-6-18-10-11-30-24(28)23(18)21)16-33(29)15-17-4-7-19(8-5-17)34-14-13-32-12-2-1-3-22(32)26(34)36/h4-5,7-8,10-11,16,21-22H,1-3,6,9,12-15,27,29H2,(H2,28,30)(H,31,35)/b20-16-. The van der Waals surface area contributed by atoms with E-state index in [2.05, 4.69) is 15.2 Å². The van der Waals surface area contributed by atoms with Crippen molar-refractivity contribution in [3.63, 3.8) is 0 Å². The lowest BCUT2D eigenvalue weighted by Gasteiger charge is -2.43. The van der Waals surface area contributed by atoms with Crippen LogP contribution in [0.5, 0.6) is 0 Å². The van der Waals surface area contributed by atoms with Crippen LogP contribution in [0.15, 0.2) is 48.4 Å². The number of aryl methyl sites for hydroxylation is 1. The third-order valence-electron chi connectivity index (χ3n) is 7.42. The minimum Gasteiger partial charge on any atom is -0.393 e. The molecular formula is C26H34N8O2. The second-order valence-electron chi connectivity index (χ2n) is 9.79. The number of amides is 2. The minimum absolute atomic E-state index is 0.0105. The van der Waals surface area contributed by atoms with Crippen molar-refractivity contribution in [1.29, 1.82) is 0 Å². The number of nitrogens with one attached hydrogen (secondary N) is 1. The van der Waals surface area contributed by atoms with Gasteiger partial charge in [-0.05, 0) is 61.6 Å². The molecule has 10 nitrogen and oxygen atoms in total. The first-order chi connectivity index (χ1) is 17.4. The Morgan fingerprint density at radius 3 is 2.75 bits per heavy atom. The molecule has 5 rings (SSSR count). The highest BCUT2D eigenvalue weighted by Crippen LogP contribution is 2.34. The third-order valence-corrected chi connectivity index (χ3v) is 7.42. The van der Waals surface area contributed by atoms with Crippen molar-refractivity contribution >= 4 is 23.3 Å². The fourth-order valence-corrected chi connectivity index (χ4v) is 5.57. The van der Waals surface area contributed by atoms with Crippen LogP contribution >= 0.6 is 0 Å². The maximum absolute atomic E-state index is 13.0. The number of aromatic nitrogens is 1. The van der Waals surface area contributed by atoms with Crippen molar-refractivity contribution < 1.29 is 9.59 Å². The summed E-state index contributed by atoms with van der Waals surface area (Å²) in [7, 11) is 0. The molecule has 190 valence electrons. The zero-order chi connectivity index (χ0) is 25.2. The Bertz CT molecular complexity index is 1170. The largest absolute Gasteiger partial charge is 0.393 e. The number of hydrazine groups is 1. The van der Waals surface area contributed by atoms with Gasteiger partial charge in [0.25, 0.3) is 5.91 Å². The van der Waals surface area contributed by atoms with Crippen LogP contribution in [-0.2, 0) is 22.6 Å². The molecule has 3 aliphatic rings. The number of carbonyl (C=O) groups is 2. The summed E-state index contributed by atoms with van der Waals surface area (Å²) in [6.07, 6.45) is 7.92. The molecule has 0 radical (unpaired) electrons. The van der Waals surface area contributed by atoms with Gasteiger partial charge in [-0.15, -0.1) is 0 Å². The maximum atomic E-state index is 13.0. The quantitative estimate of drug-likeness (QED) is 0.268. The van der Waals surface area contributed by atoms with Crippen LogP contribution in [0.25, 0.3) is 0 Å². The van der Waals surface area contributed by atoms with E-state index in [1.165, 1.54) is 17.6 Å². The number of rotatable bonds is 6. The number of nitrogens with two attached hydrogens (primary N) is 3. The lowest BCUT2D eigenvalue weighted by molar-refractivity contribution is -0.127. The number of benzene rings is 1. The summed E-state index contributed by atoms with van der Waals surface area (Å²) in [6.45, 7) is 3.00. The van der Waals surface area contributed by atoms with Gasteiger partial charge in [-0.2, -0.15) is 0 Å².